The Hall–Kier alpha value is -2.67. The topological polar surface area (TPSA) is 89.0 Å². The summed E-state index contributed by atoms with van der Waals surface area (Å²) in [5, 5.41) is 6.10. The number of nitrogens with one attached hydrogen (secondary N) is 2. The van der Waals surface area contributed by atoms with Crippen molar-refractivity contribution in [3.05, 3.63) is 42.5 Å². The summed E-state index contributed by atoms with van der Waals surface area (Å²) < 4.78 is 10.1. The maximum atomic E-state index is 11.4. The third-order valence-electron chi connectivity index (χ3n) is 2.40. The normalized spacial score (nSPS) is 10.2. The predicted molar refractivity (Wildman–Crippen MR) is 82.8 cm³/mol. The number of hydrogen-bond donors (Lipinski definition) is 2. The molecule has 118 valence electrons. The van der Waals surface area contributed by atoms with E-state index in [0.717, 1.165) is 5.56 Å². The minimum atomic E-state index is -0.841. The minimum absolute atomic E-state index is 0.259. The number of rotatable bonds is 8. The molecule has 0 heterocycles. The number of carbonyl (C=O) groups is 2. The van der Waals surface area contributed by atoms with E-state index in [0.29, 0.717) is 19.0 Å². The van der Waals surface area contributed by atoms with Gasteiger partial charge in [-0.15, -0.1) is 0 Å². The average molecular weight is 305 g/mol. The first-order valence-electron chi connectivity index (χ1n) is 6.61. The second-order valence-corrected chi connectivity index (χ2v) is 4.12. The van der Waals surface area contributed by atoms with E-state index in [-0.39, 0.29) is 6.54 Å². The monoisotopic (exact) mass is 305 g/mol. The summed E-state index contributed by atoms with van der Waals surface area (Å²) in [4.78, 5) is 22.8. The highest BCUT2D eigenvalue weighted by molar-refractivity contribution is 6.35. The maximum Gasteiger partial charge on any atom is 0.329 e. The quantitative estimate of drug-likeness (QED) is 0.240. The molecule has 1 aromatic carbocycles. The molecule has 0 aliphatic carbocycles. The first-order valence-corrected chi connectivity index (χ1v) is 6.61. The van der Waals surface area contributed by atoms with Crippen molar-refractivity contribution >= 4 is 18.0 Å². The number of ether oxygens (including phenoxy) is 2. The summed E-state index contributed by atoms with van der Waals surface area (Å²) in [7, 11) is 1.50. The molecule has 22 heavy (non-hydrogen) atoms. The van der Waals surface area contributed by atoms with E-state index in [4.69, 9.17) is 9.47 Å². The zero-order valence-corrected chi connectivity index (χ0v) is 12.4. The Kier molecular flexibility index (Phi) is 7.99. The van der Waals surface area contributed by atoms with Gasteiger partial charge in [-0.1, -0.05) is 24.8 Å². The Morgan fingerprint density at radius 3 is 2.91 bits per heavy atom. The molecule has 0 aliphatic heterocycles. The zero-order valence-electron chi connectivity index (χ0n) is 12.4. The van der Waals surface area contributed by atoms with Gasteiger partial charge in [0.05, 0.1) is 12.8 Å². The van der Waals surface area contributed by atoms with E-state index in [2.05, 4.69) is 22.4 Å². The van der Waals surface area contributed by atoms with Gasteiger partial charge in [0.15, 0.2) is 0 Å². The van der Waals surface area contributed by atoms with Gasteiger partial charge in [-0.25, -0.2) is 5.43 Å². The molecule has 0 saturated carbocycles. The van der Waals surface area contributed by atoms with Crippen LogP contribution in [0.3, 0.4) is 0 Å². The van der Waals surface area contributed by atoms with Crippen LogP contribution in [0.5, 0.6) is 5.75 Å². The third kappa shape index (κ3) is 6.67. The van der Waals surface area contributed by atoms with Gasteiger partial charge in [-0.3, -0.25) is 9.59 Å². The number of nitrogens with zero attached hydrogens (tertiary/aromatic N) is 1. The van der Waals surface area contributed by atoms with Crippen molar-refractivity contribution in [2.45, 2.75) is 0 Å². The molecule has 0 atom stereocenters. The van der Waals surface area contributed by atoms with E-state index in [9.17, 15) is 9.59 Å². The Morgan fingerprint density at radius 2 is 2.18 bits per heavy atom. The van der Waals surface area contributed by atoms with Crippen LogP contribution in [0.1, 0.15) is 5.56 Å². The number of hydrogen-bond acceptors (Lipinski definition) is 5. The Morgan fingerprint density at radius 1 is 1.36 bits per heavy atom. The van der Waals surface area contributed by atoms with Crippen molar-refractivity contribution in [2.24, 2.45) is 5.10 Å². The van der Waals surface area contributed by atoms with Crippen molar-refractivity contribution in [1.82, 2.24) is 10.7 Å². The van der Waals surface area contributed by atoms with E-state index in [1.54, 1.807) is 30.3 Å². The van der Waals surface area contributed by atoms with Crippen LogP contribution in [0.4, 0.5) is 0 Å². The fourth-order valence-electron chi connectivity index (χ4n) is 1.40. The number of amides is 2. The first kappa shape index (κ1) is 17.4. The summed E-state index contributed by atoms with van der Waals surface area (Å²) in [6.45, 7) is 4.56. The summed E-state index contributed by atoms with van der Waals surface area (Å²) in [5.74, 6) is -0.948. The number of carbonyl (C=O) groups excluding carboxylic acids is 2. The molecule has 0 radical (unpaired) electrons. The van der Waals surface area contributed by atoms with Crippen LogP contribution >= 0.6 is 0 Å². The van der Waals surface area contributed by atoms with Gasteiger partial charge in [0.25, 0.3) is 0 Å². The molecule has 7 heteroatoms. The molecule has 1 aromatic rings. The van der Waals surface area contributed by atoms with Gasteiger partial charge < -0.3 is 14.8 Å². The predicted octanol–water partition coefficient (Wildman–Crippen LogP) is 0.464. The number of benzene rings is 1. The molecule has 1 rings (SSSR count). The second kappa shape index (κ2) is 10.1. The Bertz CT molecular complexity index is 543. The Labute approximate surface area is 129 Å². The van der Waals surface area contributed by atoms with Crippen LogP contribution in [0.25, 0.3) is 0 Å². The van der Waals surface area contributed by atoms with Crippen molar-refractivity contribution in [3.63, 3.8) is 0 Å². The Balaban J connectivity index is 2.46. The molecule has 0 saturated heterocycles. The lowest BCUT2D eigenvalue weighted by molar-refractivity contribution is -0.139. The SMILES string of the molecule is C=CCOc1cccc(/C=N\NC(=O)C(=O)NCCOC)c1. The molecule has 0 fully saturated rings. The molecule has 0 aliphatic rings. The van der Waals surface area contributed by atoms with Gasteiger partial charge >= 0.3 is 11.8 Å². The van der Waals surface area contributed by atoms with Crippen molar-refractivity contribution in [1.29, 1.82) is 0 Å². The summed E-state index contributed by atoms with van der Waals surface area (Å²) in [5.41, 5.74) is 2.86. The summed E-state index contributed by atoms with van der Waals surface area (Å²) in [6.07, 6.45) is 3.06. The van der Waals surface area contributed by atoms with Gasteiger partial charge in [0.1, 0.15) is 12.4 Å². The summed E-state index contributed by atoms with van der Waals surface area (Å²) in [6, 6.07) is 7.12. The van der Waals surface area contributed by atoms with E-state index < -0.39 is 11.8 Å². The molecular formula is C15H19N3O4. The lowest BCUT2D eigenvalue weighted by Gasteiger charge is -2.04. The lowest BCUT2D eigenvalue weighted by Crippen LogP contribution is -2.39. The van der Waals surface area contributed by atoms with Crippen LogP contribution in [0.15, 0.2) is 42.0 Å². The van der Waals surface area contributed by atoms with Crippen LogP contribution in [-0.4, -0.2) is 44.9 Å². The van der Waals surface area contributed by atoms with Crippen LogP contribution in [0.2, 0.25) is 0 Å². The van der Waals surface area contributed by atoms with Crippen molar-refractivity contribution < 1.29 is 19.1 Å². The minimum Gasteiger partial charge on any atom is -0.490 e. The van der Waals surface area contributed by atoms with Gasteiger partial charge in [-0.2, -0.15) is 5.10 Å². The van der Waals surface area contributed by atoms with Crippen LogP contribution in [0, 0.1) is 0 Å². The summed E-state index contributed by atoms with van der Waals surface area (Å²) >= 11 is 0. The molecule has 2 N–H and O–H groups in total. The molecule has 2 amide bonds. The van der Waals surface area contributed by atoms with Crippen molar-refractivity contribution in [2.75, 3.05) is 26.9 Å². The molecule has 7 nitrogen and oxygen atoms in total. The first-order chi connectivity index (χ1) is 10.7. The number of methoxy groups -OCH3 is 1. The van der Waals surface area contributed by atoms with Crippen LogP contribution in [-0.2, 0) is 14.3 Å². The standard InChI is InChI=1S/C15H19N3O4/c1-3-8-22-13-6-4-5-12(10-13)11-17-18-15(20)14(19)16-7-9-21-2/h3-6,10-11H,1,7-9H2,2H3,(H,16,19)(H,18,20)/b17-11-. The van der Waals surface area contributed by atoms with E-state index in [1.807, 2.05) is 0 Å². The smallest absolute Gasteiger partial charge is 0.329 e. The largest absolute Gasteiger partial charge is 0.490 e. The highest BCUT2D eigenvalue weighted by Gasteiger charge is 2.10. The lowest BCUT2D eigenvalue weighted by atomic mass is 10.2. The van der Waals surface area contributed by atoms with E-state index >= 15 is 0 Å². The highest BCUT2D eigenvalue weighted by Crippen LogP contribution is 2.11. The van der Waals surface area contributed by atoms with Gasteiger partial charge in [0, 0.05) is 13.7 Å². The van der Waals surface area contributed by atoms with Crippen molar-refractivity contribution in [3.8, 4) is 5.75 Å². The van der Waals surface area contributed by atoms with Gasteiger partial charge in [-0.05, 0) is 17.7 Å². The maximum absolute atomic E-state index is 11.4. The average Bonchev–Trinajstić information content (AvgIpc) is 2.53. The molecule has 0 bridgehead atoms. The molecular weight excluding hydrogens is 286 g/mol. The highest BCUT2D eigenvalue weighted by atomic mass is 16.5. The fraction of sp³-hybridized carbons (Fsp3) is 0.267. The molecule has 0 unspecified atom stereocenters. The molecule has 0 spiro atoms. The molecule has 0 aromatic heterocycles. The van der Waals surface area contributed by atoms with E-state index in [1.165, 1.54) is 13.3 Å². The van der Waals surface area contributed by atoms with Gasteiger partial charge in [0.2, 0.25) is 0 Å². The zero-order chi connectivity index (χ0) is 16.2. The number of hydrazone groups is 1. The second-order valence-electron chi connectivity index (χ2n) is 4.12. The van der Waals surface area contributed by atoms with Crippen LogP contribution < -0.4 is 15.5 Å². The third-order valence-corrected chi connectivity index (χ3v) is 2.40. The fourth-order valence-corrected chi connectivity index (χ4v) is 1.40.